The molecule has 0 aliphatic heterocycles. The number of hydrogen-bond acceptors (Lipinski definition) is 9. The zero-order chi connectivity index (χ0) is 26.5. The molecule has 11 heteroatoms. The van der Waals surface area contributed by atoms with Crippen LogP contribution >= 0.6 is 11.3 Å². The number of anilines is 1. The molecule has 1 aliphatic rings. The highest BCUT2D eigenvalue weighted by molar-refractivity contribution is 7.12. The largest absolute Gasteiger partial charge is 0.508 e. The van der Waals surface area contributed by atoms with Crippen LogP contribution in [0.3, 0.4) is 0 Å². The highest BCUT2D eigenvalue weighted by Gasteiger charge is 2.27. The molecule has 4 N–H and O–H groups in total. The summed E-state index contributed by atoms with van der Waals surface area (Å²) in [6.07, 6.45) is 2.33. The van der Waals surface area contributed by atoms with E-state index in [1.165, 1.54) is 18.4 Å². The van der Waals surface area contributed by atoms with Crippen molar-refractivity contribution in [2.45, 2.75) is 45.2 Å². The lowest BCUT2D eigenvalue weighted by Gasteiger charge is -2.26. The van der Waals surface area contributed by atoms with Gasteiger partial charge in [-0.2, -0.15) is 0 Å². The number of ether oxygens (including phenoxy) is 1. The van der Waals surface area contributed by atoms with Gasteiger partial charge >= 0.3 is 5.97 Å². The first-order valence-electron chi connectivity index (χ1n) is 11.9. The Hall–Kier alpha value is -3.99. The number of phenols is 1. The second kappa shape index (κ2) is 11.4. The summed E-state index contributed by atoms with van der Waals surface area (Å²) in [5.74, 6) is -0.892. The Balaban J connectivity index is 1.43. The van der Waals surface area contributed by atoms with Gasteiger partial charge in [0, 0.05) is 12.6 Å². The fourth-order valence-electron chi connectivity index (χ4n) is 4.44. The van der Waals surface area contributed by atoms with E-state index in [1.54, 1.807) is 37.4 Å². The maximum atomic E-state index is 13.1. The fourth-order valence-corrected chi connectivity index (χ4v) is 5.08. The quantitative estimate of drug-likeness (QED) is 0.330. The molecule has 10 nitrogen and oxygen atoms in total. The number of esters is 1. The van der Waals surface area contributed by atoms with Crippen LogP contribution in [0.5, 0.6) is 5.75 Å². The van der Waals surface area contributed by atoms with Gasteiger partial charge in [-0.05, 0) is 61.7 Å². The number of benzene rings is 1. The number of fused-ring (bicyclic) bond motifs is 1. The fraction of sp³-hybridized carbons (Fsp3) is 0.346. The van der Waals surface area contributed by atoms with E-state index < -0.39 is 17.9 Å². The maximum absolute atomic E-state index is 13.1. The summed E-state index contributed by atoms with van der Waals surface area (Å²) in [4.78, 5) is 47.1. The molecule has 0 radical (unpaired) electrons. The first kappa shape index (κ1) is 26.1. The first-order valence-corrected chi connectivity index (χ1v) is 12.8. The number of aromatic nitrogens is 2. The van der Waals surface area contributed by atoms with Gasteiger partial charge in [0.25, 0.3) is 11.8 Å². The molecule has 194 valence electrons. The van der Waals surface area contributed by atoms with Gasteiger partial charge in [0.1, 0.15) is 11.8 Å². The van der Waals surface area contributed by atoms with Gasteiger partial charge in [0.15, 0.2) is 0 Å². The van der Waals surface area contributed by atoms with E-state index in [2.05, 4.69) is 25.9 Å². The minimum absolute atomic E-state index is 0.0370. The minimum atomic E-state index is -1.09. The molecule has 0 saturated carbocycles. The van der Waals surface area contributed by atoms with E-state index in [1.807, 2.05) is 12.1 Å². The topological polar surface area (TPSA) is 143 Å². The van der Waals surface area contributed by atoms with E-state index in [0.717, 1.165) is 24.0 Å². The molecule has 1 aliphatic carbocycles. The normalized spacial score (nSPS) is 15.3. The number of aryl methyl sites for hydroxylation is 3. The Labute approximate surface area is 218 Å². The van der Waals surface area contributed by atoms with Gasteiger partial charge in [-0.3, -0.25) is 9.59 Å². The van der Waals surface area contributed by atoms with Crippen molar-refractivity contribution >= 4 is 35.1 Å². The van der Waals surface area contributed by atoms with Crippen LogP contribution in [0.2, 0.25) is 0 Å². The lowest BCUT2D eigenvalue weighted by Crippen LogP contribution is -2.49. The van der Waals surface area contributed by atoms with Crippen molar-refractivity contribution in [3.05, 3.63) is 68.7 Å². The number of rotatable bonds is 8. The Morgan fingerprint density at radius 1 is 1.14 bits per heavy atom. The second-order valence-electron chi connectivity index (χ2n) is 8.83. The lowest BCUT2D eigenvalue weighted by atomic mass is 9.88. The summed E-state index contributed by atoms with van der Waals surface area (Å²) >= 11 is 1.27. The van der Waals surface area contributed by atoms with Crippen molar-refractivity contribution in [3.8, 4) is 5.75 Å². The maximum Gasteiger partial charge on any atom is 0.330 e. The zero-order valence-corrected chi connectivity index (χ0v) is 21.6. The number of carbonyl (C=O) groups is 3. The van der Waals surface area contributed by atoms with Gasteiger partial charge in [0.2, 0.25) is 5.95 Å². The molecule has 0 fully saturated rings. The van der Waals surface area contributed by atoms with Crippen LogP contribution < -0.4 is 16.0 Å². The molecule has 4 rings (SSSR count). The summed E-state index contributed by atoms with van der Waals surface area (Å²) in [5.41, 5.74) is 3.20. The van der Waals surface area contributed by atoms with Gasteiger partial charge in [-0.15, -0.1) is 11.3 Å². The average Bonchev–Trinajstić information content (AvgIpc) is 3.41. The van der Waals surface area contributed by atoms with Gasteiger partial charge in [0.05, 0.1) is 28.9 Å². The van der Waals surface area contributed by atoms with Crippen LogP contribution in [0, 0.1) is 13.8 Å². The van der Waals surface area contributed by atoms with Crippen molar-refractivity contribution in [2.24, 2.45) is 0 Å². The molecular formula is C26H29N5O5S. The monoisotopic (exact) mass is 523 g/mol. The Kier molecular flexibility index (Phi) is 8.02. The van der Waals surface area contributed by atoms with Gasteiger partial charge in [-0.25, -0.2) is 14.8 Å². The van der Waals surface area contributed by atoms with E-state index >= 15 is 0 Å². The SMILES string of the molecule is COC(=O)[C@H](CNC(=O)c1cccs1)NC(=O)c1c(C)nc(NC2CCc3cccc(O)c3C2)nc1C. The molecule has 2 amide bonds. The number of thiophene rings is 1. The molecule has 0 spiro atoms. The first-order chi connectivity index (χ1) is 17.8. The molecule has 0 bridgehead atoms. The molecule has 1 aromatic carbocycles. The smallest absolute Gasteiger partial charge is 0.330 e. The van der Waals surface area contributed by atoms with Crippen molar-refractivity contribution < 1.29 is 24.2 Å². The van der Waals surface area contributed by atoms with Crippen LogP contribution in [0.15, 0.2) is 35.7 Å². The third-order valence-electron chi connectivity index (χ3n) is 6.29. The third-order valence-corrected chi connectivity index (χ3v) is 7.16. The predicted octanol–water partition coefficient (Wildman–Crippen LogP) is 2.53. The highest BCUT2D eigenvalue weighted by atomic mass is 32.1. The zero-order valence-electron chi connectivity index (χ0n) is 20.8. The summed E-state index contributed by atoms with van der Waals surface area (Å²) in [6, 6.07) is 7.93. The molecule has 2 heterocycles. The molecular weight excluding hydrogens is 494 g/mol. The van der Waals surface area contributed by atoms with E-state index in [4.69, 9.17) is 4.74 Å². The average molecular weight is 524 g/mol. The molecule has 37 heavy (non-hydrogen) atoms. The van der Waals surface area contributed by atoms with E-state index in [-0.39, 0.29) is 29.8 Å². The van der Waals surface area contributed by atoms with Gasteiger partial charge < -0.3 is 25.8 Å². The number of nitrogens with one attached hydrogen (secondary N) is 3. The van der Waals surface area contributed by atoms with Crippen LogP contribution in [-0.4, -0.2) is 58.6 Å². The second-order valence-corrected chi connectivity index (χ2v) is 9.78. The summed E-state index contributed by atoms with van der Waals surface area (Å²) in [7, 11) is 1.21. The van der Waals surface area contributed by atoms with Crippen LogP contribution in [0.25, 0.3) is 0 Å². The third kappa shape index (κ3) is 6.05. The van der Waals surface area contributed by atoms with Crippen LogP contribution in [-0.2, 0) is 22.4 Å². The van der Waals surface area contributed by atoms with Crippen LogP contribution in [0.1, 0.15) is 49.0 Å². The number of carbonyl (C=O) groups excluding carboxylic acids is 3. The molecule has 0 saturated heterocycles. The number of hydrogen-bond donors (Lipinski definition) is 4. The molecule has 2 aromatic heterocycles. The highest BCUT2D eigenvalue weighted by Crippen LogP contribution is 2.29. The van der Waals surface area contributed by atoms with Crippen molar-refractivity contribution in [1.82, 2.24) is 20.6 Å². The number of amides is 2. The molecule has 2 atom stereocenters. The van der Waals surface area contributed by atoms with Crippen molar-refractivity contribution in [1.29, 1.82) is 0 Å². The van der Waals surface area contributed by atoms with E-state index in [0.29, 0.717) is 28.6 Å². The Morgan fingerprint density at radius 2 is 1.89 bits per heavy atom. The minimum Gasteiger partial charge on any atom is -0.508 e. The summed E-state index contributed by atoms with van der Waals surface area (Å²) < 4.78 is 4.81. The number of nitrogens with zero attached hydrogens (tertiary/aromatic N) is 2. The Morgan fingerprint density at radius 3 is 2.57 bits per heavy atom. The summed E-state index contributed by atoms with van der Waals surface area (Å²) in [6.45, 7) is 3.26. The lowest BCUT2D eigenvalue weighted by molar-refractivity contribution is -0.142. The van der Waals surface area contributed by atoms with Gasteiger partial charge in [-0.1, -0.05) is 18.2 Å². The predicted molar refractivity (Wildman–Crippen MR) is 139 cm³/mol. The number of methoxy groups -OCH3 is 1. The molecule has 3 aromatic rings. The number of phenolic OH excluding ortho intramolecular Hbond substituents is 1. The summed E-state index contributed by atoms with van der Waals surface area (Å²) in [5, 5.41) is 20.6. The van der Waals surface area contributed by atoms with Crippen molar-refractivity contribution in [3.63, 3.8) is 0 Å². The van der Waals surface area contributed by atoms with Crippen LogP contribution in [0.4, 0.5) is 5.95 Å². The molecule has 1 unspecified atom stereocenters. The van der Waals surface area contributed by atoms with Crippen molar-refractivity contribution in [2.75, 3.05) is 19.0 Å². The Bertz CT molecular complexity index is 1290. The standard InChI is InChI=1S/C26H29N5O5S/c1-14-22(24(34)31-19(25(35)36-3)13-27-23(33)21-8-5-11-37-21)15(2)29-26(28-14)30-17-10-9-16-6-4-7-20(32)18(16)12-17/h4-8,11,17,19,32H,9-10,12-13H2,1-3H3,(H,27,33)(H,31,34)(H,28,29,30)/t17?,19-/m0/s1. The number of aromatic hydroxyl groups is 1. The van der Waals surface area contributed by atoms with E-state index in [9.17, 15) is 19.5 Å².